The van der Waals surface area contributed by atoms with Gasteiger partial charge in [0.05, 0.1) is 37.0 Å². The Morgan fingerprint density at radius 1 is 1.11 bits per heavy atom. The maximum absolute atomic E-state index is 9.93. The second kappa shape index (κ2) is 9.07. The number of aliphatic hydroxyl groups excluding tert-OH is 4. The van der Waals surface area contributed by atoms with Crippen LogP contribution in [0.5, 0.6) is 0 Å². The lowest BCUT2D eigenvalue weighted by Crippen LogP contribution is -2.44. The van der Waals surface area contributed by atoms with Gasteiger partial charge in [0.2, 0.25) is 0 Å². The molecule has 1 aliphatic heterocycles. The Balaban J connectivity index is 0.00000289. The molecule has 0 saturated carbocycles. The zero-order chi connectivity index (χ0) is 12.8. The van der Waals surface area contributed by atoms with Crippen molar-refractivity contribution in [1.29, 1.82) is 0 Å². The molecule has 1 saturated heterocycles. The van der Waals surface area contributed by atoms with Crippen molar-refractivity contribution in [2.75, 3.05) is 6.61 Å². The summed E-state index contributed by atoms with van der Waals surface area (Å²) >= 11 is 0. The van der Waals surface area contributed by atoms with Crippen LogP contribution in [-0.2, 0) is 0 Å². The Bertz CT molecular complexity index is 220. The van der Waals surface area contributed by atoms with E-state index in [4.69, 9.17) is 5.11 Å². The molecule has 0 aromatic heterocycles. The van der Waals surface area contributed by atoms with Crippen LogP contribution in [0.25, 0.3) is 0 Å². The Morgan fingerprint density at radius 2 is 1.78 bits per heavy atom. The normalized spacial score (nSPS) is 33.2. The van der Waals surface area contributed by atoms with Crippen LogP contribution in [0.1, 0.15) is 39.0 Å². The number of unbranched alkanes of at least 4 members (excludes halogenated alkanes) is 3. The van der Waals surface area contributed by atoms with Gasteiger partial charge in [-0.2, -0.15) is 0 Å². The second-order valence-corrected chi connectivity index (χ2v) is 4.88. The average Bonchev–Trinajstić information content (AvgIpc) is 2.61. The lowest BCUT2D eigenvalue weighted by atomic mass is 9.99. The van der Waals surface area contributed by atoms with Crippen LogP contribution >= 0.6 is 12.4 Å². The molecule has 0 aromatic rings. The number of aliphatic hydroxyl groups is 4. The highest BCUT2D eigenvalue weighted by atomic mass is 35.5. The van der Waals surface area contributed by atoms with Gasteiger partial charge in [-0.05, 0) is 6.42 Å². The average molecular weight is 284 g/mol. The van der Waals surface area contributed by atoms with Gasteiger partial charge in [-0.3, -0.25) is 0 Å². The van der Waals surface area contributed by atoms with E-state index in [0.29, 0.717) is 6.42 Å². The summed E-state index contributed by atoms with van der Waals surface area (Å²) in [5, 5.41) is 41.2. The molecule has 0 spiro atoms. The molecule has 0 bridgehead atoms. The molecule has 1 rings (SSSR count). The third-order valence-electron chi connectivity index (χ3n) is 3.50. The molecule has 6 heteroatoms. The predicted molar refractivity (Wildman–Crippen MR) is 71.8 cm³/mol. The quantitative estimate of drug-likeness (QED) is 0.417. The minimum atomic E-state index is -1.01. The van der Waals surface area contributed by atoms with E-state index in [1.807, 2.05) is 0 Å². The molecule has 0 aromatic carbocycles. The molecular formula is C12H26ClNO4. The molecule has 18 heavy (non-hydrogen) atoms. The van der Waals surface area contributed by atoms with Crippen LogP contribution in [0.2, 0.25) is 0 Å². The number of hydrogen-bond donors (Lipinski definition) is 5. The minimum Gasteiger partial charge on any atom is -0.395 e. The molecule has 0 unspecified atom stereocenters. The minimum absolute atomic E-state index is 0. The zero-order valence-electron chi connectivity index (χ0n) is 10.8. The van der Waals surface area contributed by atoms with Crippen LogP contribution in [-0.4, -0.2) is 57.4 Å². The fourth-order valence-electron chi connectivity index (χ4n) is 2.35. The second-order valence-electron chi connectivity index (χ2n) is 4.88. The van der Waals surface area contributed by atoms with Gasteiger partial charge < -0.3 is 25.7 Å². The van der Waals surface area contributed by atoms with Gasteiger partial charge in [0.15, 0.2) is 0 Å². The summed E-state index contributed by atoms with van der Waals surface area (Å²) in [6.45, 7) is 1.89. The first-order valence-corrected chi connectivity index (χ1v) is 6.53. The van der Waals surface area contributed by atoms with Crippen molar-refractivity contribution in [2.24, 2.45) is 0 Å². The number of rotatable bonds is 7. The molecule has 1 aliphatic rings. The largest absolute Gasteiger partial charge is 0.395 e. The summed E-state index contributed by atoms with van der Waals surface area (Å²) in [7, 11) is 0. The van der Waals surface area contributed by atoms with E-state index in [2.05, 4.69) is 12.2 Å². The van der Waals surface area contributed by atoms with E-state index in [9.17, 15) is 15.3 Å². The van der Waals surface area contributed by atoms with Crippen LogP contribution in [0, 0.1) is 0 Å². The Labute approximate surface area is 115 Å². The summed E-state index contributed by atoms with van der Waals surface area (Å²) in [5.41, 5.74) is 0. The van der Waals surface area contributed by atoms with Crippen molar-refractivity contribution >= 4 is 12.4 Å². The third kappa shape index (κ3) is 4.64. The molecule has 1 fully saturated rings. The summed E-state index contributed by atoms with van der Waals surface area (Å²) in [6, 6.07) is -1.08. The van der Waals surface area contributed by atoms with E-state index in [1.165, 1.54) is 0 Å². The highest BCUT2D eigenvalue weighted by Gasteiger charge is 2.43. The Kier molecular flexibility index (Phi) is 9.11. The summed E-state index contributed by atoms with van der Waals surface area (Å²) in [4.78, 5) is 0. The fourth-order valence-corrected chi connectivity index (χ4v) is 2.35. The van der Waals surface area contributed by atoms with Gasteiger partial charge in [-0.25, -0.2) is 0 Å². The Morgan fingerprint density at radius 3 is 2.28 bits per heavy atom. The molecule has 110 valence electrons. The lowest BCUT2D eigenvalue weighted by Gasteiger charge is -2.22. The van der Waals surface area contributed by atoms with Crippen LogP contribution < -0.4 is 5.32 Å². The van der Waals surface area contributed by atoms with Crippen molar-refractivity contribution in [2.45, 2.75) is 69.4 Å². The molecule has 0 radical (unpaired) electrons. The van der Waals surface area contributed by atoms with Gasteiger partial charge in [0, 0.05) is 0 Å². The van der Waals surface area contributed by atoms with Gasteiger partial charge in [0.25, 0.3) is 0 Å². The van der Waals surface area contributed by atoms with Crippen LogP contribution in [0.3, 0.4) is 0 Å². The maximum atomic E-state index is 9.93. The predicted octanol–water partition coefficient (Wildman–Crippen LogP) is -0.206. The topological polar surface area (TPSA) is 93.0 Å². The maximum Gasteiger partial charge on any atom is 0.0993 e. The molecule has 5 atom stereocenters. The van der Waals surface area contributed by atoms with Gasteiger partial charge >= 0.3 is 0 Å². The first-order chi connectivity index (χ1) is 8.11. The molecular weight excluding hydrogens is 258 g/mol. The SMILES string of the molecule is CCCCCC[C@H](O)[C@H]1N[C@H](CO)[C@@H](O)[C@@H]1O.Cl. The fraction of sp³-hybridized carbons (Fsp3) is 1.00. The monoisotopic (exact) mass is 283 g/mol. The first-order valence-electron chi connectivity index (χ1n) is 6.53. The Hall–Kier alpha value is 0.0900. The van der Waals surface area contributed by atoms with E-state index in [-0.39, 0.29) is 19.0 Å². The molecule has 0 aliphatic carbocycles. The van der Waals surface area contributed by atoms with E-state index < -0.39 is 30.4 Å². The van der Waals surface area contributed by atoms with Gasteiger partial charge in [-0.15, -0.1) is 12.4 Å². The van der Waals surface area contributed by atoms with E-state index in [0.717, 1.165) is 25.7 Å². The third-order valence-corrected chi connectivity index (χ3v) is 3.50. The van der Waals surface area contributed by atoms with Gasteiger partial charge in [0.1, 0.15) is 0 Å². The summed E-state index contributed by atoms with van der Waals surface area (Å²) in [6.07, 6.45) is 2.21. The smallest absolute Gasteiger partial charge is 0.0993 e. The summed E-state index contributed by atoms with van der Waals surface area (Å²) in [5.74, 6) is 0. The zero-order valence-corrected chi connectivity index (χ0v) is 11.6. The van der Waals surface area contributed by atoms with E-state index >= 15 is 0 Å². The van der Waals surface area contributed by atoms with E-state index in [1.54, 1.807) is 0 Å². The van der Waals surface area contributed by atoms with Crippen molar-refractivity contribution in [1.82, 2.24) is 5.32 Å². The van der Waals surface area contributed by atoms with Crippen LogP contribution in [0.15, 0.2) is 0 Å². The number of nitrogens with one attached hydrogen (secondary N) is 1. The standard InChI is InChI=1S/C12H25NO4.ClH/c1-2-3-4-5-6-9(15)10-12(17)11(16)8(7-14)13-10;/h8-17H,2-7H2,1H3;1H/t8-,9+,10-,11-,12-;/m1./s1. The highest BCUT2D eigenvalue weighted by Crippen LogP contribution is 2.20. The summed E-state index contributed by atoms with van der Waals surface area (Å²) < 4.78 is 0. The molecule has 0 amide bonds. The van der Waals surface area contributed by atoms with Crippen molar-refractivity contribution in [3.8, 4) is 0 Å². The van der Waals surface area contributed by atoms with Crippen molar-refractivity contribution < 1.29 is 20.4 Å². The molecule has 5 nitrogen and oxygen atoms in total. The van der Waals surface area contributed by atoms with Crippen molar-refractivity contribution in [3.63, 3.8) is 0 Å². The van der Waals surface area contributed by atoms with Crippen LogP contribution in [0.4, 0.5) is 0 Å². The number of hydrogen-bond acceptors (Lipinski definition) is 5. The molecule has 1 heterocycles. The first kappa shape index (κ1) is 18.1. The lowest BCUT2D eigenvalue weighted by molar-refractivity contribution is -0.00442. The molecule has 5 N–H and O–H groups in total. The van der Waals surface area contributed by atoms with Gasteiger partial charge in [-0.1, -0.05) is 32.6 Å². The highest BCUT2D eigenvalue weighted by molar-refractivity contribution is 5.85. The number of halogens is 1. The van der Waals surface area contributed by atoms with Crippen molar-refractivity contribution in [3.05, 3.63) is 0 Å².